The van der Waals surface area contributed by atoms with E-state index in [0.717, 1.165) is 21.7 Å². The largest absolute Gasteiger partial charge is 0.481 e. The summed E-state index contributed by atoms with van der Waals surface area (Å²) in [4.78, 5) is 43.9. The maximum atomic E-state index is 12.8. The molecule has 0 aliphatic heterocycles. The second-order valence-corrected chi connectivity index (χ2v) is 8.04. The minimum atomic E-state index is -0.656. The van der Waals surface area contributed by atoms with Crippen molar-refractivity contribution in [1.82, 2.24) is 9.88 Å². The summed E-state index contributed by atoms with van der Waals surface area (Å²) in [5, 5.41) is 1.82. The quantitative estimate of drug-likeness (QED) is 0.252. The molecule has 32 heavy (non-hydrogen) atoms. The van der Waals surface area contributed by atoms with Crippen molar-refractivity contribution < 1.29 is 23.9 Å². The number of carbonyl (C=O) groups is 3. The van der Waals surface area contributed by atoms with E-state index in [2.05, 4.69) is 4.98 Å². The van der Waals surface area contributed by atoms with E-state index in [4.69, 9.17) is 15.3 Å². The fourth-order valence-electron chi connectivity index (χ4n) is 3.03. The van der Waals surface area contributed by atoms with Crippen LogP contribution in [0.5, 0.6) is 5.75 Å². The van der Waals surface area contributed by atoms with Gasteiger partial charge in [-0.2, -0.15) is 0 Å². The van der Waals surface area contributed by atoms with Gasteiger partial charge in [-0.15, -0.1) is 11.3 Å². The zero-order chi connectivity index (χ0) is 23.4. The lowest BCUT2D eigenvalue weighted by Gasteiger charge is -2.17. The smallest absolute Gasteiger partial charge is 0.341 e. The molecule has 0 saturated heterocycles. The van der Waals surface area contributed by atoms with Crippen LogP contribution in [0.2, 0.25) is 0 Å². The van der Waals surface area contributed by atoms with Gasteiger partial charge in [-0.25, -0.2) is 15.6 Å². The number of nitrogens with zero attached hydrogens (tertiary/aromatic N) is 3. The highest BCUT2D eigenvalue weighted by Gasteiger charge is 2.30. The summed E-state index contributed by atoms with van der Waals surface area (Å²) in [6, 6.07) is 9.08. The molecule has 2 heterocycles. The molecule has 1 aromatic carbocycles. The summed E-state index contributed by atoms with van der Waals surface area (Å²) in [5.41, 5.74) is 1.11. The van der Waals surface area contributed by atoms with E-state index in [1.54, 1.807) is 46.3 Å². The lowest BCUT2D eigenvalue weighted by atomic mass is 10.1. The Morgan fingerprint density at radius 3 is 2.56 bits per heavy atom. The van der Waals surface area contributed by atoms with Crippen molar-refractivity contribution in [1.29, 1.82) is 0 Å². The van der Waals surface area contributed by atoms with Crippen LogP contribution in [0.1, 0.15) is 32.5 Å². The Kier molecular flexibility index (Phi) is 7.06. The van der Waals surface area contributed by atoms with Gasteiger partial charge in [0.2, 0.25) is 0 Å². The van der Waals surface area contributed by atoms with Crippen LogP contribution in [-0.4, -0.2) is 55.0 Å². The first kappa shape index (κ1) is 23.2. The average Bonchev–Trinajstić information content (AvgIpc) is 3.13. The standard InChI is InChI=1S/C22H24N4O5S/c1-5-30-22(29)17-13(2)19(20(28)25(3)4)32-21(17)26(23)16(27)12-31-15-10-6-8-14-9-7-11-24-18(14)15/h6-11H,5,12,23H2,1-4H3. The van der Waals surface area contributed by atoms with Gasteiger partial charge < -0.3 is 14.4 Å². The molecule has 0 bridgehead atoms. The summed E-state index contributed by atoms with van der Waals surface area (Å²) >= 11 is 0.958. The van der Waals surface area contributed by atoms with Crippen LogP contribution in [0.15, 0.2) is 36.5 Å². The predicted octanol–water partition coefficient (Wildman–Crippen LogP) is 2.77. The molecule has 0 saturated carbocycles. The number of para-hydroxylation sites is 1. The van der Waals surface area contributed by atoms with Crippen LogP contribution < -0.4 is 15.6 Å². The molecule has 10 heteroatoms. The third kappa shape index (κ3) is 4.56. The summed E-state index contributed by atoms with van der Waals surface area (Å²) in [5.74, 6) is 4.94. The van der Waals surface area contributed by atoms with E-state index in [1.807, 2.05) is 18.2 Å². The van der Waals surface area contributed by atoms with Crippen LogP contribution in [0.25, 0.3) is 10.9 Å². The second-order valence-electron chi connectivity index (χ2n) is 7.04. The van der Waals surface area contributed by atoms with Gasteiger partial charge in [0.1, 0.15) is 16.3 Å². The van der Waals surface area contributed by atoms with Gasteiger partial charge in [0.15, 0.2) is 6.61 Å². The number of carbonyl (C=O) groups excluding carboxylic acids is 3. The number of amides is 2. The molecule has 2 amide bonds. The third-order valence-corrected chi connectivity index (χ3v) is 5.92. The Morgan fingerprint density at radius 2 is 1.88 bits per heavy atom. The molecule has 0 radical (unpaired) electrons. The summed E-state index contributed by atoms with van der Waals surface area (Å²) in [7, 11) is 3.20. The van der Waals surface area contributed by atoms with Crippen molar-refractivity contribution >= 4 is 45.0 Å². The van der Waals surface area contributed by atoms with Crippen molar-refractivity contribution in [3.05, 3.63) is 52.5 Å². The number of pyridine rings is 1. The molecule has 3 aromatic rings. The Morgan fingerprint density at radius 1 is 1.16 bits per heavy atom. The van der Waals surface area contributed by atoms with E-state index < -0.39 is 11.9 Å². The molecule has 2 aromatic heterocycles. The number of rotatable bonds is 7. The van der Waals surface area contributed by atoms with E-state index in [1.165, 1.54) is 4.90 Å². The zero-order valence-electron chi connectivity index (χ0n) is 18.2. The second kappa shape index (κ2) is 9.75. The van der Waals surface area contributed by atoms with Crippen molar-refractivity contribution in [2.75, 3.05) is 32.3 Å². The molecule has 168 valence electrons. The molecular weight excluding hydrogens is 432 g/mol. The molecule has 0 spiro atoms. The topological polar surface area (TPSA) is 115 Å². The van der Waals surface area contributed by atoms with Gasteiger partial charge in [0.25, 0.3) is 11.8 Å². The molecule has 3 rings (SSSR count). The van der Waals surface area contributed by atoms with Gasteiger partial charge >= 0.3 is 5.97 Å². The van der Waals surface area contributed by atoms with Gasteiger partial charge in [0, 0.05) is 25.7 Å². The van der Waals surface area contributed by atoms with Gasteiger partial charge in [-0.1, -0.05) is 18.2 Å². The fourth-order valence-corrected chi connectivity index (χ4v) is 4.29. The van der Waals surface area contributed by atoms with E-state index in [0.29, 0.717) is 21.7 Å². The molecule has 0 unspecified atom stereocenters. The van der Waals surface area contributed by atoms with E-state index >= 15 is 0 Å². The van der Waals surface area contributed by atoms with Gasteiger partial charge in [0.05, 0.1) is 17.0 Å². The third-order valence-electron chi connectivity index (χ3n) is 4.64. The normalized spacial score (nSPS) is 10.7. The molecule has 0 aliphatic rings. The summed E-state index contributed by atoms with van der Waals surface area (Å²) in [6.07, 6.45) is 1.63. The number of ether oxygens (including phenoxy) is 2. The maximum absolute atomic E-state index is 12.8. The number of hydrazine groups is 1. The van der Waals surface area contributed by atoms with Gasteiger partial charge in [-0.05, 0) is 31.5 Å². The van der Waals surface area contributed by atoms with Crippen molar-refractivity contribution in [2.24, 2.45) is 5.84 Å². The highest BCUT2D eigenvalue weighted by Crippen LogP contribution is 2.36. The lowest BCUT2D eigenvalue weighted by Crippen LogP contribution is -2.41. The van der Waals surface area contributed by atoms with Crippen LogP contribution in [0, 0.1) is 6.92 Å². The van der Waals surface area contributed by atoms with Crippen molar-refractivity contribution in [3.63, 3.8) is 0 Å². The number of nitrogens with two attached hydrogens (primary N) is 1. The minimum Gasteiger partial charge on any atom is -0.481 e. The van der Waals surface area contributed by atoms with Crippen LogP contribution in [-0.2, 0) is 9.53 Å². The number of hydrogen-bond acceptors (Lipinski definition) is 8. The number of aromatic nitrogens is 1. The number of fused-ring (bicyclic) bond motifs is 1. The van der Waals surface area contributed by atoms with Crippen LogP contribution in [0.3, 0.4) is 0 Å². The summed E-state index contributed by atoms with van der Waals surface area (Å²) < 4.78 is 10.8. The maximum Gasteiger partial charge on any atom is 0.341 e. The lowest BCUT2D eigenvalue weighted by molar-refractivity contribution is -0.120. The monoisotopic (exact) mass is 456 g/mol. The van der Waals surface area contributed by atoms with Crippen LogP contribution >= 0.6 is 11.3 Å². The molecule has 2 N–H and O–H groups in total. The van der Waals surface area contributed by atoms with Crippen LogP contribution in [0.4, 0.5) is 5.00 Å². The predicted molar refractivity (Wildman–Crippen MR) is 122 cm³/mol. The fraction of sp³-hybridized carbons (Fsp3) is 0.273. The number of esters is 1. The minimum absolute atomic E-state index is 0.0877. The van der Waals surface area contributed by atoms with Crippen molar-refractivity contribution in [2.45, 2.75) is 13.8 Å². The highest BCUT2D eigenvalue weighted by molar-refractivity contribution is 7.18. The summed E-state index contributed by atoms with van der Waals surface area (Å²) in [6.45, 7) is 3.05. The number of benzene rings is 1. The average molecular weight is 457 g/mol. The first-order valence-corrected chi connectivity index (χ1v) is 10.6. The molecule has 0 aliphatic carbocycles. The first-order chi connectivity index (χ1) is 15.3. The number of anilines is 1. The Labute approximate surface area is 189 Å². The van der Waals surface area contributed by atoms with Crippen molar-refractivity contribution in [3.8, 4) is 5.75 Å². The van der Waals surface area contributed by atoms with E-state index in [9.17, 15) is 14.4 Å². The molecule has 0 fully saturated rings. The highest BCUT2D eigenvalue weighted by atomic mass is 32.1. The Balaban J connectivity index is 1.89. The number of hydrogen-bond donors (Lipinski definition) is 1. The molecular formula is C22H24N4O5S. The molecule has 0 atom stereocenters. The first-order valence-electron chi connectivity index (χ1n) is 9.82. The molecule has 9 nitrogen and oxygen atoms in total. The van der Waals surface area contributed by atoms with Gasteiger partial charge in [-0.3, -0.25) is 14.6 Å². The Hall–Kier alpha value is -3.50. The van der Waals surface area contributed by atoms with E-state index in [-0.39, 0.29) is 29.7 Å². The number of thiophene rings is 1. The zero-order valence-corrected chi connectivity index (χ0v) is 19.1. The SMILES string of the molecule is CCOC(=O)c1c(N(N)C(=O)COc2cccc3cccnc23)sc(C(=O)N(C)C)c1C. The Bertz CT molecular complexity index is 1170.